The molecule has 234 valence electrons. The van der Waals surface area contributed by atoms with Gasteiger partial charge in [0.05, 0.1) is 45.9 Å². The molecule has 19 heteroatoms. The quantitative estimate of drug-likeness (QED) is 0.0445. The minimum Gasteiger partial charge on any atom is -0.495 e. The Hall–Kier alpha value is -3.31. The van der Waals surface area contributed by atoms with Gasteiger partial charge in [-0.3, -0.25) is 13.9 Å². The predicted octanol–water partition coefficient (Wildman–Crippen LogP) is 5.53. The molecule has 4 rings (SSSR count). The van der Waals surface area contributed by atoms with Crippen LogP contribution in [0.2, 0.25) is 0 Å². The van der Waals surface area contributed by atoms with Gasteiger partial charge in [0.2, 0.25) is 0 Å². The van der Waals surface area contributed by atoms with Gasteiger partial charge < -0.3 is 9.47 Å². The topological polar surface area (TPSA) is 222 Å². The molecule has 0 aliphatic rings. The van der Waals surface area contributed by atoms with Crippen molar-refractivity contribution in [3.63, 3.8) is 0 Å². The van der Waals surface area contributed by atoms with Crippen LogP contribution in [0.15, 0.2) is 80.2 Å². The second-order valence-electron chi connectivity index (χ2n) is 8.62. The van der Waals surface area contributed by atoms with Gasteiger partial charge >= 0.3 is 0 Å². The second-order valence-corrected chi connectivity index (χ2v) is 12.9. The average molecular weight is 689 g/mol. The third-order valence-corrected chi connectivity index (χ3v) is 9.05. The van der Waals surface area contributed by atoms with Gasteiger partial charge in [-0.25, -0.2) is 10.5 Å². The van der Waals surface area contributed by atoms with Crippen molar-refractivity contribution in [2.24, 2.45) is 0 Å². The largest absolute Gasteiger partial charge is 0.495 e. The molecule has 0 fully saturated rings. The maximum absolute atomic E-state index is 13.2. The van der Waals surface area contributed by atoms with Crippen LogP contribution in [0.25, 0.3) is 10.8 Å². The lowest BCUT2D eigenvalue weighted by Crippen LogP contribution is -2.08. The van der Waals surface area contributed by atoms with E-state index in [0.29, 0.717) is 39.8 Å². The van der Waals surface area contributed by atoms with Crippen LogP contribution in [0, 0.1) is 6.92 Å². The molecule has 0 aliphatic carbocycles. The van der Waals surface area contributed by atoms with Crippen molar-refractivity contribution in [3.05, 3.63) is 77.4 Å². The molecule has 4 aromatic carbocycles. The molecule has 0 saturated heterocycles. The summed E-state index contributed by atoms with van der Waals surface area (Å²) in [5.41, 5.74) is -0.273. The molecule has 0 saturated carbocycles. The zero-order valence-electron chi connectivity index (χ0n) is 22.2. The third-order valence-electron chi connectivity index (χ3n) is 5.93. The van der Waals surface area contributed by atoms with Crippen molar-refractivity contribution in [1.82, 2.24) is 0 Å². The highest BCUT2D eigenvalue weighted by Crippen LogP contribution is 2.42. The van der Waals surface area contributed by atoms with Crippen LogP contribution in [0.5, 0.6) is 17.2 Å². The van der Waals surface area contributed by atoms with Gasteiger partial charge in [-0.15, -0.1) is 8.67 Å². The zero-order chi connectivity index (χ0) is 32.2. The molecular formula is C25H20O15S4. The van der Waals surface area contributed by atoms with Gasteiger partial charge in [0, 0.05) is 11.1 Å². The highest BCUT2D eigenvalue weighted by Gasteiger charge is 2.24. The second kappa shape index (κ2) is 13.8. The molecule has 0 unspecified atom stereocenters. The lowest BCUT2D eigenvalue weighted by atomic mass is 10.0. The van der Waals surface area contributed by atoms with E-state index in [0.717, 1.165) is 18.2 Å². The van der Waals surface area contributed by atoms with E-state index in [4.69, 9.17) is 20.0 Å². The van der Waals surface area contributed by atoms with E-state index < -0.39 is 41.6 Å². The van der Waals surface area contributed by atoms with E-state index in [1.807, 2.05) is 0 Å². The lowest BCUT2D eigenvalue weighted by Gasteiger charge is -2.15. The van der Waals surface area contributed by atoms with Gasteiger partial charge in [0.25, 0.3) is 20.2 Å². The number of ketones is 1. The van der Waals surface area contributed by atoms with Crippen molar-refractivity contribution in [1.29, 1.82) is 0 Å². The average Bonchev–Trinajstić information content (AvgIpc) is 2.97. The Kier molecular flexibility index (Phi) is 10.5. The van der Waals surface area contributed by atoms with Crippen LogP contribution < -0.4 is 9.47 Å². The molecule has 0 heterocycles. The molecule has 15 nitrogen and oxygen atoms in total. The van der Waals surface area contributed by atoms with Crippen molar-refractivity contribution >= 4 is 60.9 Å². The fourth-order valence-electron chi connectivity index (χ4n) is 3.98. The van der Waals surface area contributed by atoms with Crippen LogP contribution in [-0.4, -0.2) is 49.3 Å². The standard InChI is InChI=1S/C25H20O15S4/c1-13-3-4-14(11-23(13)43(29,30)31)25(26)15-5-6-18(24(12-15)44(32,33)34)36-20-8-16-7-19(35-2)21(41-39-37-27)9-17(16)10-22(20)42-40-38-28/h3-12,27-28H,1-2H3,(H,29,30,31)(H,32,33,34). The summed E-state index contributed by atoms with van der Waals surface area (Å²) in [6.45, 7) is 1.41. The Bertz CT molecular complexity index is 1940. The number of methoxy groups -OCH3 is 1. The smallest absolute Gasteiger partial charge is 0.298 e. The number of carbonyl (C=O) groups is 1. The number of carbonyl (C=O) groups excluding carboxylic acids is 1. The number of fused-ring (bicyclic) bond motifs is 1. The van der Waals surface area contributed by atoms with Crippen LogP contribution in [0.4, 0.5) is 0 Å². The molecule has 0 amide bonds. The molecule has 0 aliphatic heterocycles. The normalized spacial score (nSPS) is 12.0. The molecule has 4 N–H and O–H groups in total. The number of hydrogen-bond donors (Lipinski definition) is 4. The highest BCUT2D eigenvalue weighted by molar-refractivity contribution is 7.95. The van der Waals surface area contributed by atoms with Gasteiger partial charge in [-0.1, -0.05) is 22.2 Å². The molecule has 44 heavy (non-hydrogen) atoms. The summed E-state index contributed by atoms with van der Waals surface area (Å²) in [6.07, 6.45) is 0. The van der Waals surface area contributed by atoms with Gasteiger partial charge in [-0.05, 0) is 71.8 Å². The maximum Gasteiger partial charge on any atom is 0.298 e. The summed E-state index contributed by atoms with van der Waals surface area (Å²) >= 11 is 1.10. The predicted molar refractivity (Wildman–Crippen MR) is 153 cm³/mol. The first-order valence-corrected chi connectivity index (χ1v) is 16.0. The summed E-state index contributed by atoms with van der Waals surface area (Å²) in [5, 5.41) is 25.5. The zero-order valence-corrected chi connectivity index (χ0v) is 25.5. The maximum atomic E-state index is 13.2. The number of rotatable bonds is 13. The Balaban J connectivity index is 1.80. The Morgan fingerprint density at radius 3 is 1.73 bits per heavy atom. The van der Waals surface area contributed by atoms with Crippen molar-refractivity contribution in [2.45, 2.75) is 26.5 Å². The van der Waals surface area contributed by atoms with E-state index >= 15 is 0 Å². The molecule has 0 atom stereocenters. The molecule has 0 aromatic heterocycles. The van der Waals surface area contributed by atoms with Crippen molar-refractivity contribution in [3.8, 4) is 17.2 Å². The molecular weight excluding hydrogens is 669 g/mol. The Morgan fingerprint density at radius 1 is 0.682 bits per heavy atom. The van der Waals surface area contributed by atoms with E-state index in [2.05, 4.69) is 18.7 Å². The lowest BCUT2D eigenvalue weighted by molar-refractivity contribution is -0.432. The summed E-state index contributed by atoms with van der Waals surface area (Å²) in [7, 11) is -8.29. The van der Waals surface area contributed by atoms with E-state index in [1.165, 1.54) is 44.4 Å². The SMILES string of the molecule is COc1cc2cc(Oc3ccc(C(=O)c4ccc(C)c(S(=O)(=O)O)c4)cc3S(=O)(=O)O)c(SOOO)cc2cc1SOOO. The minimum atomic E-state index is -5.01. The fraction of sp³-hybridized carbons (Fsp3) is 0.0800. The Labute approximate surface area is 257 Å². The van der Waals surface area contributed by atoms with Gasteiger partial charge in [-0.2, -0.15) is 16.8 Å². The Morgan fingerprint density at radius 2 is 1.18 bits per heavy atom. The number of benzene rings is 4. The van der Waals surface area contributed by atoms with Crippen molar-refractivity contribution in [2.75, 3.05) is 7.11 Å². The first kappa shape index (κ1) is 33.6. The molecule has 0 spiro atoms. The summed E-state index contributed by atoms with van der Waals surface area (Å²) < 4.78 is 87.8. The van der Waals surface area contributed by atoms with Crippen LogP contribution >= 0.6 is 24.1 Å². The molecule has 0 bridgehead atoms. The van der Waals surface area contributed by atoms with Crippen LogP contribution in [-0.2, 0) is 39.0 Å². The van der Waals surface area contributed by atoms with E-state index in [1.54, 1.807) is 12.1 Å². The summed E-state index contributed by atoms with van der Waals surface area (Å²) in [6, 6.07) is 12.7. The monoisotopic (exact) mass is 688 g/mol. The van der Waals surface area contributed by atoms with Gasteiger partial charge in [0.1, 0.15) is 22.1 Å². The van der Waals surface area contributed by atoms with Crippen molar-refractivity contribution < 1.29 is 69.5 Å². The first-order valence-electron chi connectivity index (χ1n) is 11.6. The minimum absolute atomic E-state index is 0.0581. The van der Waals surface area contributed by atoms with Gasteiger partial charge in [0.15, 0.2) is 5.78 Å². The highest BCUT2D eigenvalue weighted by atomic mass is 32.2. The van der Waals surface area contributed by atoms with Crippen LogP contribution in [0.3, 0.4) is 0 Å². The number of ether oxygens (including phenoxy) is 2. The fourth-order valence-corrected chi connectivity index (χ4v) is 6.33. The number of aryl methyl sites for hydroxylation is 1. The molecule has 0 radical (unpaired) electrons. The summed E-state index contributed by atoms with van der Waals surface area (Å²) in [4.78, 5) is 12.3. The summed E-state index contributed by atoms with van der Waals surface area (Å²) in [5.74, 6) is -1.02. The van der Waals surface area contributed by atoms with E-state index in [9.17, 15) is 30.7 Å². The molecule has 4 aromatic rings. The third kappa shape index (κ3) is 7.66. The van der Waals surface area contributed by atoms with E-state index in [-0.39, 0.29) is 33.1 Å². The van der Waals surface area contributed by atoms with Crippen LogP contribution in [0.1, 0.15) is 21.5 Å². The first-order chi connectivity index (χ1) is 20.8. The number of hydrogen-bond acceptors (Lipinski definition) is 15.